The van der Waals surface area contributed by atoms with Crippen LogP contribution in [0.2, 0.25) is 0 Å². The molecule has 5 heteroatoms. The Hall–Kier alpha value is -1.88. The van der Waals surface area contributed by atoms with Crippen LogP contribution in [-0.4, -0.2) is 47.2 Å². The molecule has 2 aliphatic rings. The van der Waals surface area contributed by atoms with Crippen LogP contribution in [0.3, 0.4) is 0 Å². The smallest absolute Gasteiger partial charge is 0.329 e. The molecule has 0 aromatic heterocycles. The third-order valence-corrected chi connectivity index (χ3v) is 4.88. The molecular weight excluding hydrogens is 282 g/mol. The first-order valence-corrected chi connectivity index (χ1v) is 7.75. The molecule has 2 heterocycles. The maximum absolute atomic E-state index is 12.8. The van der Waals surface area contributed by atoms with Crippen LogP contribution in [0.15, 0.2) is 24.3 Å². The van der Waals surface area contributed by atoms with E-state index in [9.17, 15) is 14.7 Å². The summed E-state index contributed by atoms with van der Waals surface area (Å²) in [5, 5.41) is 9.46. The van der Waals surface area contributed by atoms with Crippen LogP contribution < -0.4 is 0 Å². The van der Waals surface area contributed by atoms with Gasteiger partial charge >= 0.3 is 5.97 Å². The molecule has 0 spiro atoms. The number of aliphatic carboxylic acids is 1. The fourth-order valence-corrected chi connectivity index (χ4v) is 3.39. The highest BCUT2D eigenvalue weighted by molar-refractivity contribution is 5.98. The van der Waals surface area contributed by atoms with Crippen molar-refractivity contribution in [2.45, 2.75) is 37.6 Å². The van der Waals surface area contributed by atoms with Crippen LogP contribution in [0, 0.1) is 0 Å². The van der Waals surface area contributed by atoms with Crippen molar-refractivity contribution in [3.8, 4) is 0 Å². The normalized spacial score (nSPS) is 28.0. The Labute approximate surface area is 129 Å². The van der Waals surface area contributed by atoms with Gasteiger partial charge < -0.3 is 14.7 Å². The summed E-state index contributed by atoms with van der Waals surface area (Å²) in [6, 6.07) is 7.54. The Morgan fingerprint density at radius 2 is 2.23 bits per heavy atom. The lowest BCUT2D eigenvalue weighted by molar-refractivity contribution is -0.147. The molecule has 2 unspecified atom stereocenters. The van der Waals surface area contributed by atoms with Gasteiger partial charge in [0.05, 0.1) is 6.61 Å². The van der Waals surface area contributed by atoms with Crippen molar-refractivity contribution in [3.63, 3.8) is 0 Å². The molecule has 2 aliphatic heterocycles. The zero-order chi connectivity index (χ0) is 15.7. The maximum Gasteiger partial charge on any atom is 0.329 e. The van der Waals surface area contributed by atoms with Gasteiger partial charge in [0.25, 0.3) is 5.91 Å². The van der Waals surface area contributed by atoms with Crippen molar-refractivity contribution in [1.82, 2.24) is 4.90 Å². The summed E-state index contributed by atoms with van der Waals surface area (Å²) in [6.07, 6.45) is 2.20. The van der Waals surface area contributed by atoms with E-state index in [1.165, 1.54) is 4.90 Å². The zero-order valence-electron chi connectivity index (χ0n) is 12.7. The molecule has 118 valence electrons. The van der Waals surface area contributed by atoms with E-state index >= 15 is 0 Å². The van der Waals surface area contributed by atoms with E-state index in [4.69, 9.17) is 4.74 Å². The minimum atomic E-state index is -1.09. The zero-order valence-corrected chi connectivity index (χ0v) is 12.7. The predicted octanol–water partition coefficient (Wildman–Crippen LogP) is 2.27. The second-order valence-corrected chi connectivity index (χ2v) is 6.33. The molecule has 3 rings (SSSR count). The minimum absolute atomic E-state index is 0.192. The van der Waals surface area contributed by atoms with Gasteiger partial charge in [-0.15, -0.1) is 0 Å². The fraction of sp³-hybridized carbons (Fsp3) is 0.529. The average molecular weight is 303 g/mol. The number of ether oxygens (including phenoxy) is 1. The first kappa shape index (κ1) is 15.0. The highest BCUT2D eigenvalue weighted by atomic mass is 16.5. The predicted molar refractivity (Wildman–Crippen MR) is 80.9 cm³/mol. The van der Waals surface area contributed by atoms with Crippen LogP contribution in [-0.2, 0) is 9.53 Å². The summed E-state index contributed by atoms with van der Waals surface area (Å²) in [4.78, 5) is 25.8. The Morgan fingerprint density at radius 1 is 1.41 bits per heavy atom. The average Bonchev–Trinajstić information content (AvgIpc) is 3.17. The third kappa shape index (κ3) is 2.50. The molecule has 0 bridgehead atoms. The summed E-state index contributed by atoms with van der Waals surface area (Å²) in [6.45, 7) is 3.58. The van der Waals surface area contributed by atoms with Gasteiger partial charge in [-0.2, -0.15) is 0 Å². The number of carboxylic acid groups (broad SMARTS) is 1. The number of carbonyl (C=O) groups is 2. The fourth-order valence-electron chi connectivity index (χ4n) is 3.39. The van der Waals surface area contributed by atoms with Crippen molar-refractivity contribution in [3.05, 3.63) is 35.4 Å². The van der Waals surface area contributed by atoms with Crippen molar-refractivity contribution in [2.75, 3.05) is 19.8 Å². The summed E-state index contributed by atoms with van der Waals surface area (Å²) in [5.41, 5.74) is 0.571. The first-order chi connectivity index (χ1) is 10.5. The quantitative estimate of drug-likeness (QED) is 0.930. The van der Waals surface area contributed by atoms with Gasteiger partial charge in [-0.1, -0.05) is 12.1 Å². The number of likely N-dealkylation sites (tertiary alicyclic amines) is 1. The molecular formula is C17H21NO4. The number of rotatable bonds is 3. The van der Waals surface area contributed by atoms with Crippen LogP contribution in [0.5, 0.6) is 0 Å². The summed E-state index contributed by atoms with van der Waals surface area (Å²) in [7, 11) is 0. The van der Waals surface area contributed by atoms with Gasteiger partial charge in [0.15, 0.2) is 0 Å². The number of nitrogens with zero attached hydrogens (tertiary/aromatic N) is 1. The van der Waals surface area contributed by atoms with Crippen LogP contribution >= 0.6 is 0 Å². The van der Waals surface area contributed by atoms with Gasteiger partial charge in [0, 0.05) is 24.6 Å². The molecule has 22 heavy (non-hydrogen) atoms. The van der Waals surface area contributed by atoms with Crippen LogP contribution in [0.4, 0.5) is 0 Å². The van der Waals surface area contributed by atoms with E-state index in [-0.39, 0.29) is 5.91 Å². The third-order valence-electron chi connectivity index (χ3n) is 4.88. The molecule has 5 nitrogen and oxygen atoms in total. The standard InChI is InChI=1S/C17H21NO4/c1-17(16(20)21)7-3-8-18(17)15(19)13-5-2-4-12(10-13)14-6-9-22-11-14/h2,4-5,10,14H,3,6-9,11H2,1H3,(H,20,21). The topological polar surface area (TPSA) is 66.8 Å². The van der Waals surface area contributed by atoms with Crippen LogP contribution in [0.1, 0.15) is 48.0 Å². The van der Waals surface area contributed by atoms with Crippen molar-refractivity contribution < 1.29 is 19.4 Å². The summed E-state index contributed by atoms with van der Waals surface area (Å²) >= 11 is 0. The highest BCUT2D eigenvalue weighted by Gasteiger charge is 2.46. The van der Waals surface area contributed by atoms with Gasteiger partial charge in [0.2, 0.25) is 0 Å². The largest absolute Gasteiger partial charge is 0.480 e. The monoisotopic (exact) mass is 303 g/mol. The molecule has 1 aromatic carbocycles. The molecule has 0 aliphatic carbocycles. The van der Waals surface area contributed by atoms with E-state index in [2.05, 4.69) is 0 Å². The molecule has 2 atom stereocenters. The summed E-state index contributed by atoms with van der Waals surface area (Å²) in [5.74, 6) is -0.793. The molecule has 1 amide bonds. The lowest BCUT2D eigenvalue weighted by Crippen LogP contribution is -2.50. The number of benzene rings is 1. The molecule has 1 N–H and O–H groups in total. The Kier molecular flexibility index (Phi) is 3.91. The highest BCUT2D eigenvalue weighted by Crippen LogP contribution is 2.32. The second kappa shape index (κ2) is 5.72. The van der Waals surface area contributed by atoms with Crippen molar-refractivity contribution in [1.29, 1.82) is 0 Å². The molecule has 0 radical (unpaired) electrons. The van der Waals surface area contributed by atoms with E-state index < -0.39 is 11.5 Å². The molecule has 2 saturated heterocycles. The van der Waals surface area contributed by atoms with Crippen molar-refractivity contribution >= 4 is 11.9 Å². The minimum Gasteiger partial charge on any atom is -0.480 e. The van der Waals surface area contributed by atoms with E-state index in [1.807, 2.05) is 18.2 Å². The lowest BCUT2D eigenvalue weighted by Gasteiger charge is -2.31. The SMILES string of the molecule is CC1(C(=O)O)CCCN1C(=O)c1cccc(C2CCOC2)c1. The number of hydrogen-bond donors (Lipinski definition) is 1. The maximum atomic E-state index is 12.8. The van der Waals surface area contributed by atoms with Gasteiger partial charge in [-0.05, 0) is 43.9 Å². The van der Waals surface area contributed by atoms with Crippen LogP contribution in [0.25, 0.3) is 0 Å². The first-order valence-electron chi connectivity index (χ1n) is 7.75. The van der Waals surface area contributed by atoms with Gasteiger partial charge in [0.1, 0.15) is 5.54 Å². The second-order valence-electron chi connectivity index (χ2n) is 6.33. The number of carbonyl (C=O) groups excluding carboxylic acids is 1. The Balaban J connectivity index is 1.86. The van der Waals surface area contributed by atoms with Gasteiger partial charge in [-0.3, -0.25) is 4.79 Å². The number of hydrogen-bond acceptors (Lipinski definition) is 3. The molecule has 0 saturated carbocycles. The van der Waals surface area contributed by atoms with E-state index in [0.29, 0.717) is 31.1 Å². The molecule has 1 aromatic rings. The summed E-state index contributed by atoms with van der Waals surface area (Å²) < 4.78 is 5.40. The van der Waals surface area contributed by atoms with Crippen molar-refractivity contribution in [2.24, 2.45) is 0 Å². The lowest BCUT2D eigenvalue weighted by atomic mass is 9.95. The number of carboxylic acids is 1. The Morgan fingerprint density at radius 3 is 2.91 bits per heavy atom. The van der Waals surface area contributed by atoms with E-state index in [1.54, 1.807) is 13.0 Å². The molecule has 2 fully saturated rings. The Bertz CT molecular complexity index is 594. The van der Waals surface area contributed by atoms with Gasteiger partial charge in [-0.25, -0.2) is 4.79 Å². The van der Waals surface area contributed by atoms with E-state index in [0.717, 1.165) is 25.0 Å². The number of amides is 1.